The van der Waals surface area contributed by atoms with Gasteiger partial charge in [-0.2, -0.15) is 15.8 Å². The van der Waals surface area contributed by atoms with E-state index in [0.29, 0.717) is 12.0 Å². The summed E-state index contributed by atoms with van der Waals surface area (Å²) in [5.74, 6) is -1.45. The van der Waals surface area contributed by atoms with E-state index in [1.807, 2.05) is 18.2 Å². The third-order valence-corrected chi connectivity index (χ3v) is 5.04. The molecule has 0 aliphatic heterocycles. The van der Waals surface area contributed by atoms with Gasteiger partial charge in [0.05, 0.1) is 23.4 Å². The highest BCUT2D eigenvalue weighted by atomic mass is 19.1. The van der Waals surface area contributed by atoms with Crippen LogP contribution in [0.3, 0.4) is 0 Å². The Kier molecular flexibility index (Phi) is 3.84. The minimum Gasteiger partial charge on any atom is -0.399 e. The summed E-state index contributed by atoms with van der Waals surface area (Å²) in [5, 5.41) is 29.1. The first-order valence-corrected chi connectivity index (χ1v) is 7.78. The molecule has 2 N–H and O–H groups in total. The molecule has 5 heteroatoms. The molecular formula is C19H15FN4. The second kappa shape index (κ2) is 5.84. The number of nitrogens with zero attached hydrogens (tertiary/aromatic N) is 3. The standard InChI is InChI=1S/C19H15FN4/c20-16-8-4-3-7-14(16)17-13-6-2-1-5-12(13)15(9-21)18(24)19(17,10-22)11-23/h3-5,7-8,13,17H,1-2,6,24H2. The van der Waals surface area contributed by atoms with Crippen LogP contribution in [0.1, 0.15) is 30.7 Å². The molecule has 1 aromatic rings. The van der Waals surface area contributed by atoms with Crippen molar-refractivity contribution in [3.63, 3.8) is 0 Å². The Balaban J connectivity index is 2.37. The number of allylic oxidation sites excluding steroid dienone is 4. The van der Waals surface area contributed by atoms with Crippen molar-refractivity contribution in [2.75, 3.05) is 0 Å². The van der Waals surface area contributed by atoms with Crippen LogP contribution >= 0.6 is 0 Å². The van der Waals surface area contributed by atoms with Gasteiger partial charge < -0.3 is 5.73 Å². The molecule has 0 bridgehead atoms. The lowest BCUT2D eigenvalue weighted by molar-refractivity contribution is 0.310. The zero-order valence-electron chi connectivity index (χ0n) is 13.0. The number of nitriles is 3. The van der Waals surface area contributed by atoms with Crippen LogP contribution in [0, 0.1) is 51.1 Å². The van der Waals surface area contributed by atoms with E-state index < -0.39 is 17.2 Å². The van der Waals surface area contributed by atoms with Crippen molar-refractivity contribution in [1.29, 1.82) is 15.8 Å². The highest BCUT2D eigenvalue weighted by Crippen LogP contribution is 2.56. The van der Waals surface area contributed by atoms with Gasteiger partial charge in [0.1, 0.15) is 11.9 Å². The fourth-order valence-corrected chi connectivity index (χ4v) is 3.94. The molecule has 0 spiro atoms. The fraction of sp³-hybridized carbons (Fsp3) is 0.316. The zero-order valence-corrected chi connectivity index (χ0v) is 13.0. The summed E-state index contributed by atoms with van der Waals surface area (Å²) in [5.41, 5.74) is 5.57. The van der Waals surface area contributed by atoms with Crippen LogP contribution < -0.4 is 5.73 Å². The van der Waals surface area contributed by atoms with Crippen LogP contribution in [0.4, 0.5) is 4.39 Å². The number of benzene rings is 1. The van der Waals surface area contributed by atoms with Gasteiger partial charge in [0.15, 0.2) is 5.41 Å². The van der Waals surface area contributed by atoms with Crippen molar-refractivity contribution < 1.29 is 4.39 Å². The smallest absolute Gasteiger partial charge is 0.191 e. The molecule has 0 radical (unpaired) electrons. The van der Waals surface area contributed by atoms with Gasteiger partial charge in [0.25, 0.3) is 0 Å². The number of nitrogens with two attached hydrogens (primary N) is 1. The molecular weight excluding hydrogens is 303 g/mol. The van der Waals surface area contributed by atoms with E-state index >= 15 is 0 Å². The fourth-order valence-electron chi connectivity index (χ4n) is 3.94. The first-order valence-electron chi connectivity index (χ1n) is 7.78. The second-order valence-electron chi connectivity index (χ2n) is 6.13. The second-order valence-corrected chi connectivity index (χ2v) is 6.13. The minimum atomic E-state index is -1.74. The molecule has 2 unspecified atom stereocenters. The van der Waals surface area contributed by atoms with Crippen LogP contribution in [0.5, 0.6) is 0 Å². The van der Waals surface area contributed by atoms with E-state index in [-0.39, 0.29) is 17.2 Å². The number of halogens is 1. The molecule has 0 aromatic heterocycles. The lowest BCUT2D eigenvalue weighted by atomic mass is 9.56. The molecule has 0 saturated heterocycles. The first-order chi connectivity index (χ1) is 11.6. The Morgan fingerprint density at radius 2 is 1.88 bits per heavy atom. The number of rotatable bonds is 1. The van der Waals surface area contributed by atoms with Gasteiger partial charge in [-0.3, -0.25) is 0 Å². The summed E-state index contributed by atoms with van der Waals surface area (Å²) >= 11 is 0. The van der Waals surface area contributed by atoms with Crippen LogP contribution in [0.15, 0.2) is 47.2 Å². The molecule has 24 heavy (non-hydrogen) atoms. The Morgan fingerprint density at radius 3 is 2.50 bits per heavy atom. The van der Waals surface area contributed by atoms with Gasteiger partial charge in [0, 0.05) is 5.92 Å². The summed E-state index contributed by atoms with van der Waals surface area (Å²) < 4.78 is 14.5. The molecule has 0 saturated carbocycles. The molecule has 3 rings (SSSR count). The predicted molar refractivity (Wildman–Crippen MR) is 85.1 cm³/mol. The molecule has 118 valence electrons. The summed E-state index contributed by atoms with van der Waals surface area (Å²) in [4.78, 5) is 0. The number of hydrogen-bond donors (Lipinski definition) is 1. The summed E-state index contributed by atoms with van der Waals surface area (Å²) in [7, 11) is 0. The minimum absolute atomic E-state index is 0.0624. The Labute approximate surface area is 139 Å². The number of hydrogen-bond acceptors (Lipinski definition) is 4. The summed E-state index contributed by atoms with van der Waals surface area (Å²) in [6, 6.07) is 12.2. The summed E-state index contributed by atoms with van der Waals surface area (Å²) in [6.07, 6.45) is 4.30. The van der Waals surface area contributed by atoms with E-state index in [1.165, 1.54) is 6.07 Å². The van der Waals surface area contributed by atoms with Gasteiger partial charge in [0.2, 0.25) is 0 Å². The molecule has 2 atom stereocenters. The third-order valence-electron chi connectivity index (χ3n) is 5.04. The average molecular weight is 318 g/mol. The topological polar surface area (TPSA) is 97.4 Å². The lowest BCUT2D eigenvalue weighted by Crippen LogP contribution is -2.43. The number of fused-ring (bicyclic) bond motifs is 1. The molecule has 0 fully saturated rings. The molecule has 4 nitrogen and oxygen atoms in total. The van der Waals surface area contributed by atoms with Crippen LogP contribution in [0.25, 0.3) is 0 Å². The molecule has 2 aliphatic rings. The van der Waals surface area contributed by atoms with Crippen molar-refractivity contribution >= 4 is 0 Å². The van der Waals surface area contributed by atoms with E-state index in [9.17, 15) is 20.2 Å². The molecule has 0 heterocycles. The lowest BCUT2D eigenvalue weighted by Gasteiger charge is -2.43. The van der Waals surface area contributed by atoms with Crippen molar-refractivity contribution in [2.45, 2.75) is 25.2 Å². The van der Waals surface area contributed by atoms with Gasteiger partial charge in [-0.1, -0.05) is 24.3 Å². The Bertz CT molecular complexity index is 862. The average Bonchev–Trinajstić information content (AvgIpc) is 2.62. The largest absolute Gasteiger partial charge is 0.399 e. The van der Waals surface area contributed by atoms with Gasteiger partial charge in [-0.25, -0.2) is 4.39 Å². The van der Waals surface area contributed by atoms with Gasteiger partial charge in [-0.15, -0.1) is 0 Å². The first kappa shape index (κ1) is 15.8. The maximum atomic E-state index is 14.5. The van der Waals surface area contributed by atoms with Crippen molar-refractivity contribution in [3.05, 3.63) is 58.6 Å². The van der Waals surface area contributed by atoms with Crippen molar-refractivity contribution in [2.24, 2.45) is 17.1 Å². The predicted octanol–water partition coefficient (Wildman–Crippen LogP) is 3.42. The van der Waals surface area contributed by atoms with E-state index in [2.05, 4.69) is 6.07 Å². The normalized spacial score (nSPS) is 24.8. The Morgan fingerprint density at radius 1 is 1.17 bits per heavy atom. The maximum Gasteiger partial charge on any atom is 0.191 e. The quantitative estimate of drug-likeness (QED) is 0.857. The van der Waals surface area contributed by atoms with Gasteiger partial charge in [-0.05, 0) is 42.4 Å². The third kappa shape index (κ3) is 2.01. The van der Waals surface area contributed by atoms with E-state index in [4.69, 9.17) is 5.73 Å². The van der Waals surface area contributed by atoms with Crippen LogP contribution in [-0.4, -0.2) is 0 Å². The Hall–Kier alpha value is -3.10. The SMILES string of the molecule is N#CC1=C(N)C(C#N)(C#N)C(c2ccccc2F)C2CCCC=C12. The van der Waals surface area contributed by atoms with Crippen molar-refractivity contribution in [3.8, 4) is 18.2 Å². The van der Waals surface area contributed by atoms with Crippen molar-refractivity contribution in [1.82, 2.24) is 0 Å². The van der Waals surface area contributed by atoms with E-state index in [1.54, 1.807) is 18.2 Å². The van der Waals surface area contributed by atoms with Crippen LogP contribution in [-0.2, 0) is 0 Å². The molecule has 2 aliphatic carbocycles. The van der Waals surface area contributed by atoms with E-state index in [0.717, 1.165) is 18.4 Å². The zero-order chi connectivity index (χ0) is 17.3. The van der Waals surface area contributed by atoms with Gasteiger partial charge >= 0.3 is 0 Å². The molecule has 0 amide bonds. The molecule has 1 aromatic carbocycles. The monoisotopic (exact) mass is 318 g/mol. The highest BCUT2D eigenvalue weighted by molar-refractivity contribution is 5.59. The van der Waals surface area contributed by atoms with Crippen LogP contribution in [0.2, 0.25) is 0 Å². The summed E-state index contributed by atoms with van der Waals surface area (Å²) in [6.45, 7) is 0. The maximum absolute atomic E-state index is 14.5. The highest BCUT2D eigenvalue weighted by Gasteiger charge is 2.54.